The molecule has 4 heterocycles. The van der Waals surface area contributed by atoms with E-state index in [9.17, 15) is 4.79 Å². The Labute approximate surface area is 178 Å². The third kappa shape index (κ3) is 4.33. The van der Waals surface area contributed by atoms with Gasteiger partial charge in [0.15, 0.2) is 5.76 Å². The molecule has 0 spiro atoms. The zero-order chi connectivity index (χ0) is 21.3. The smallest absolute Gasteiger partial charge is 0.225 e. The van der Waals surface area contributed by atoms with Crippen LogP contribution in [0.2, 0.25) is 0 Å². The highest BCUT2D eigenvalue weighted by Gasteiger charge is 2.29. The van der Waals surface area contributed by atoms with Crippen molar-refractivity contribution in [3.05, 3.63) is 23.7 Å². The summed E-state index contributed by atoms with van der Waals surface area (Å²) >= 11 is 0. The summed E-state index contributed by atoms with van der Waals surface area (Å²) < 4.78 is 5.56. The molecule has 2 fully saturated rings. The summed E-state index contributed by atoms with van der Waals surface area (Å²) in [5.41, 5.74) is 2.78. The predicted octanol–water partition coefficient (Wildman–Crippen LogP) is 2.55. The first-order valence-electron chi connectivity index (χ1n) is 10.9. The fourth-order valence-corrected chi connectivity index (χ4v) is 4.27. The van der Waals surface area contributed by atoms with Crippen molar-refractivity contribution in [2.45, 2.75) is 39.5 Å². The van der Waals surface area contributed by atoms with E-state index >= 15 is 0 Å². The molecule has 0 bridgehead atoms. The van der Waals surface area contributed by atoms with Gasteiger partial charge in [-0.1, -0.05) is 19.0 Å². The number of likely N-dealkylation sites (tertiary alicyclic amines) is 1. The molecule has 4 rings (SSSR count). The molecule has 0 radical (unpaired) electrons. The highest BCUT2D eigenvalue weighted by atomic mass is 16.5. The zero-order valence-electron chi connectivity index (χ0n) is 18.5. The fraction of sp³-hybridized carbons (Fsp3) is 0.636. The zero-order valence-corrected chi connectivity index (χ0v) is 18.5. The number of hydrogen-bond donors (Lipinski definition) is 0. The summed E-state index contributed by atoms with van der Waals surface area (Å²) in [6.45, 7) is 11.3. The lowest BCUT2D eigenvalue weighted by molar-refractivity contribution is -0.135. The van der Waals surface area contributed by atoms with Crippen LogP contribution >= 0.6 is 0 Å². The van der Waals surface area contributed by atoms with Gasteiger partial charge in [0.1, 0.15) is 0 Å². The van der Waals surface area contributed by atoms with Crippen molar-refractivity contribution in [2.24, 2.45) is 5.92 Å². The molecule has 2 aliphatic heterocycles. The van der Waals surface area contributed by atoms with Crippen LogP contribution < -0.4 is 4.90 Å². The van der Waals surface area contributed by atoms with E-state index in [4.69, 9.17) is 9.51 Å². The summed E-state index contributed by atoms with van der Waals surface area (Å²) in [5.74, 6) is 2.06. The molecule has 8 nitrogen and oxygen atoms in total. The average Bonchev–Trinajstić information content (AvgIpc) is 3.19. The van der Waals surface area contributed by atoms with Crippen molar-refractivity contribution in [1.29, 1.82) is 0 Å². The number of rotatable bonds is 4. The second kappa shape index (κ2) is 8.71. The van der Waals surface area contributed by atoms with Crippen molar-refractivity contribution >= 4 is 11.9 Å². The number of hydrogen-bond acceptors (Lipinski definition) is 7. The van der Waals surface area contributed by atoms with E-state index in [1.165, 1.54) is 0 Å². The van der Waals surface area contributed by atoms with E-state index in [0.717, 1.165) is 75.0 Å². The molecule has 0 saturated carbocycles. The second-order valence-electron chi connectivity index (χ2n) is 8.85. The Balaban J connectivity index is 1.60. The molecule has 30 heavy (non-hydrogen) atoms. The van der Waals surface area contributed by atoms with Crippen molar-refractivity contribution in [3.8, 4) is 11.3 Å². The number of aromatic nitrogens is 3. The number of piperazine rings is 1. The van der Waals surface area contributed by atoms with E-state index in [1.807, 2.05) is 37.9 Å². The van der Waals surface area contributed by atoms with Gasteiger partial charge >= 0.3 is 0 Å². The lowest BCUT2D eigenvalue weighted by atomic mass is 9.89. The average molecular weight is 413 g/mol. The Kier molecular flexibility index (Phi) is 6.04. The van der Waals surface area contributed by atoms with E-state index in [0.29, 0.717) is 5.76 Å². The van der Waals surface area contributed by atoms with Gasteiger partial charge in [0, 0.05) is 63.4 Å². The van der Waals surface area contributed by atoms with Crippen molar-refractivity contribution in [2.75, 3.05) is 51.2 Å². The van der Waals surface area contributed by atoms with Crippen LogP contribution in [0.1, 0.15) is 44.0 Å². The number of likely N-dealkylation sites (N-methyl/N-ethyl adjacent to an activating group) is 1. The van der Waals surface area contributed by atoms with Gasteiger partial charge in [0.05, 0.1) is 17.0 Å². The standard InChI is InChI=1S/C22H32N6O2/c1-15(2)21(29)27-7-5-17(6-8-27)20-18(19-13-16(3)25-30-19)14-23-22(24-20)28-11-9-26(4)10-12-28/h13-15,17H,5-12H2,1-4H3. The topological polar surface area (TPSA) is 78.6 Å². The van der Waals surface area contributed by atoms with Crippen LogP contribution in [0.4, 0.5) is 5.95 Å². The first-order valence-corrected chi connectivity index (χ1v) is 10.9. The Morgan fingerprint density at radius 1 is 1.13 bits per heavy atom. The predicted molar refractivity (Wildman–Crippen MR) is 115 cm³/mol. The van der Waals surface area contributed by atoms with Gasteiger partial charge in [0.25, 0.3) is 0 Å². The molecule has 162 valence electrons. The molecule has 0 N–H and O–H groups in total. The van der Waals surface area contributed by atoms with Gasteiger partial charge in [-0.15, -0.1) is 0 Å². The SMILES string of the molecule is Cc1cc(-c2cnc(N3CCN(C)CC3)nc2C2CCN(C(=O)C(C)C)CC2)on1. The summed E-state index contributed by atoms with van der Waals surface area (Å²) in [5, 5.41) is 4.06. The highest BCUT2D eigenvalue weighted by Crippen LogP contribution is 2.35. The molecule has 0 unspecified atom stereocenters. The normalized spacial score (nSPS) is 19.0. The number of amides is 1. The third-order valence-electron chi connectivity index (χ3n) is 6.17. The number of aryl methyl sites for hydroxylation is 1. The van der Waals surface area contributed by atoms with Gasteiger partial charge in [-0.25, -0.2) is 9.97 Å². The Morgan fingerprint density at radius 3 is 2.43 bits per heavy atom. The van der Waals surface area contributed by atoms with Gasteiger partial charge in [0.2, 0.25) is 11.9 Å². The molecular formula is C22H32N6O2. The monoisotopic (exact) mass is 412 g/mol. The molecule has 1 amide bonds. The minimum Gasteiger partial charge on any atom is -0.356 e. The van der Waals surface area contributed by atoms with Crippen LogP contribution in [0.3, 0.4) is 0 Å². The summed E-state index contributed by atoms with van der Waals surface area (Å²) in [6, 6.07) is 1.94. The first kappa shape index (κ1) is 20.8. The van der Waals surface area contributed by atoms with Crippen LogP contribution in [0, 0.1) is 12.8 Å². The van der Waals surface area contributed by atoms with Gasteiger partial charge < -0.3 is 19.2 Å². The number of carbonyl (C=O) groups excluding carboxylic acids is 1. The maximum atomic E-state index is 12.4. The van der Waals surface area contributed by atoms with E-state index in [1.54, 1.807) is 0 Å². The molecule has 2 aromatic rings. The minimum absolute atomic E-state index is 0.0390. The molecule has 0 atom stereocenters. The third-order valence-corrected chi connectivity index (χ3v) is 6.17. The summed E-state index contributed by atoms with van der Waals surface area (Å²) in [7, 11) is 2.14. The van der Waals surface area contributed by atoms with E-state index in [-0.39, 0.29) is 17.7 Å². The van der Waals surface area contributed by atoms with Gasteiger partial charge in [-0.3, -0.25) is 4.79 Å². The van der Waals surface area contributed by atoms with Crippen LogP contribution in [0.25, 0.3) is 11.3 Å². The maximum absolute atomic E-state index is 12.4. The van der Waals surface area contributed by atoms with Crippen LogP contribution in [-0.2, 0) is 4.79 Å². The molecule has 2 saturated heterocycles. The Morgan fingerprint density at radius 2 is 1.83 bits per heavy atom. The largest absolute Gasteiger partial charge is 0.356 e. The summed E-state index contributed by atoms with van der Waals surface area (Å²) in [6.07, 6.45) is 3.69. The highest BCUT2D eigenvalue weighted by molar-refractivity contribution is 5.78. The van der Waals surface area contributed by atoms with Gasteiger partial charge in [-0.05, 0) is 26.8 Å². The quantitative estimate of drug-likeness (QED) is 0.764. The lowest BCUT2D eigenvalue weighted by Crippen LogP contribution is -2.45. The fourth-order valence-electron chi connectivity index (χ4n) is 4.27. The van der Waals surface area contributed by atoms with Crippen LogP contribution in [0.15, 0.2) is 16.8 Å². The minimum atomic E-state index is 0.0390. The van der Waals surface area contributed by atoms with E-state index in [2.05, 4.69) is 27.0 Å². The van der Waals surface area contributed by atoms with Crippen LogP contribution in [-0.4, -0.2) is 77.1 Å². The molecule has 2 aliphatic rings. The van der Waals surface area contributed by atoms with Gasteiger partial charge in [-0.2, -0.15) is 0 Å². The molecule has 0 aliphatic carbocycles. The van der Waals surface area contributed by atoms with Crippen molar-refractivity contribution < 1.29 is 9.32 Å². The summed E-state index contributed by atoms with van der Waals surface area (Å²) in [4.78, 5) is 28.7. The molecule has 8 heteroatoms. The number of anilines is 1. The lowest BCUT2D eigenvalue weighted by Gasteiger charge is -2.35. The van der Waals surface area contributed by atoms with Crippen molar-refractivity contribution in [3.63, 3.8) is 0 Å². The molecule has 2 aromatic heterocycles. The second-order valence-corrected chi connectivity index (χ2v) is 8.85. The van der Waals surface area contributed by atoms with Crippen molar-refractivity contribution in [1.82, 2.24) is 24.9 Å². The molecular weight excluding hydrogens is 380 g/mol. The number of piperidine rings is 1. The number of nitrogens with zero attached hydrogens (tertiary/aromatic N) is 6. The number of carbonyl (C=O) groups is 1. The Bertz CT molecular complexity index is 880. The van der Waals surface area contributed by atoms with Crippen LogP contribution in [0.5, 0.6) is 0 Å². The van der Waals surface area contributed by atoms with E-state index < -0.39 is 0 Å². The Hall–Kier alpha value is -2.48. The molecule has 0 aromatic carbocycles. The maximum Gasteiger partial charge on any atom is 0.225 e. The first-order chi connectivity index (χ1) is 14.4.